The molecule has 0 aliphatic carbocycles. The molecule has 1 heterocycles. The standard InChI is InChI=1S/C16H11ClF2N2O2S.C7H4Cl2O/c1-20-16(22)14-9(18)3-4-11(15(14)19)23-7-13-21-10-6-8(17)2-5-12(10)24-13;8-6-2-1-3-7(9)5(6)4-10/h2-6H,7H2,1H3,(H,20,22);1-4H. The van der Waals surface area contributed by atoms with Gasteiger partial charge in [0.15, 0.2) is 17.9 Å². The fraction of sp³-hybridized carbons (Fsp3) is 0.0870. The van der Waals surface area contributed by atoms with Crippen LogP contribution in [0, 0.1) is 11.6 Å². The van der Waals surface area contributed by atoms with Crippen LogP contribution in [0.2, 0.25) is 15.1 Å². The molecule has 176 valence electrons. The van der Waals surface area contributed by atoms with Gasteiger partial charge in [-0.2, -0.15) is 0 Å². The zero-order valence-corrected chi connectivity index (χ0v) is 20.5. The summed E-state index contributed by atoms with van der Waals surface area (Å²) >= 11 is 18.5. The van der Waals surface area contributed by atoms with Gasteiger partial charge in [-0.15, -0.1) is 11.3 Å². The van der Waals surface area contributed by atoms with E-state index in [4.69, 9.17) is 39.5 Å². The number of carbonyl (C=O) groups is 2. The highest BCUT2D eigenvalue weighted by Gasteiger charge is 2.20. The number of hydrogen-bond donors (Lipinski definition) is 1. The number of thiazole rings is 1. The van der Waals surface area contributed by atoms with Crippen molar-refractivity contribution in [3.8, 4) is 5.75 Å². The average molecular weight is 544 g/mol. The quantitative estimate of drug-likeness (QED) is 0.276. The molecule has 1 N–H and O–H groups in total. The fourth-order valence-electron chi connectivity index (χ4n) is 2.75. The Kier molecular flexibility index (Phi) is 8.79. The lowest BCUT2D eigenvalue weighted by molar-refractivity contribution is 0.0953. The van der Waals surface area contributed by atoms with E-state index < -0.39 is 23.1 Å². The first-order chi connectivity index (χ1) is 16.2. The van der Waals surface area contributed by atoms with Crippen molar-refractivity contribution >= 4 is 68.5 Å². The van der Waals surface area contributed by atoms with E-state index in [2.05, 4.69) is 10.3 Å². The summed E-state index contributed by atoms with van der Waals surface area (Å²) in [7, 11) is 1.29. The third kappa shape index (κ3) is 6.01. The molecule has 0 aliphatic heterocycles. The lowest BCUT2D eigenvalue weighted by atomic mass is 10.1. The second-order valence-corrected chi connectivity index (χ2v) is 8.94. The number of amides is 1. The van der Waals surface area contributed by atoms with Gasteiger partial charge >= 0.3 is 0 Å². The van der Waals surface area contributed by atoms with Crippen molar-refractivity contribution in [3.05, 3.63) is 91.4 Å². The summed E-state index contributed by atoms with van der Waals surface area (Å²) in [6.45, 7) is -0.00724. The van der Waals surface area contributed by atoms with Gasteiger partial charge in [0.25, 0.3) is 5.91 Å². The van der Waals surface area contributed by atoms with Gasteiger partial charge in [-0.3, -0.25) is 9.59 Å². The summed E-state index contributed by atoms with van der Waals surface area (Å²) in [4.78, 5) is 26.2. The van der Waals surface area contributed by atoms with E-state index in [0.717, 1.165) is 22.3 Å². The first-order valence-electron chi connectivity index (χ1n) is 9.52. The molecule has 0 saturated carbocycles. The van der Waals surface area contributed by atoms with Gasteiger partial charge in [0, 0.05) is 12.1 Å². The van der Waals surface area contributed by atoms with Gasteiger partial charge in [0.1, 0.15) is 23.0 Å². The number of aldehydes is 1. The van der Waals surface area contributed by atoms with E-state index >= 15 is 0 Å². The van der Waals surface area contributed by atoms with Crippen LogP contribution in [-0.4, -0.2) is 24.2 Å². The van der Waals surface area contributed by atoms with Crippen LogP contribution < -0.4 is 10.1 Å². The van der Waals surface area contributed by atoms with Crippen molar-refractivity contribution in [2.75, 3.05) is 7.05 Å². The Hall–Kier alpha value is -2.78. The molecule has 1 amide bonds. The van der Waals surface area contributed by atoms with Crippen molar-refractivity contribution < 1.29 is 23.1 Å². The highest BCUT2D eigenvalue weighted by Crippen LogP contribution is 2.28. The number of aromatic nitrogens is 1. The zero-order valence-electron chi connectivity index (χ0n) is 17.4. The maximum atomic E-state index is 14.3. The summed E-state index contributed by atoms with van der Waals surface area (Å²) in [5, 5.41) is 4.15. The summed E-state index contributed by atoms with van der Waals surface area (Å²) in [5.74, 6) is -3.07. The second kappa shape index (κ2) is 11.6. The lowest BCUT2D eigenvalue weighted by Crippen LogP contribution is -2.21. The van der Waals surface area contributed by atoms with Crippen molar-refractivity contribution in [2.45, 2.75) is 6.61 Å². The van der Waals surface area contributed by atoms with Gasteiger partial charge in [-0.05, 0) is 42.5 Å². The maximum Gasteiger partial charge on any atom is 0.257 e. The Bertz CT molecular complexity index is 1340. The molecule has 34 heavy (non-hydrogen) atoms. The molecule has 1 aromatic heterocycles. The predicted molar refractivity (Wildman–Crippen MR) is 131 cm³/mol. The number of halogens is 5. The molecule has 4 rings (SSSR count). The number of nitrogens with zero attached hydrogens (tertiary/aromatic N) is 1. The van der Waals surface area contributed by atoms with Crippen LogP contribution >= 0.6 is 46.1 Å². The van der Waals surface area contributed by atoms with E-state index in [1.807, 2.05) is 6.07 Å². The minimum absolute atomic E-state index is 0.00724. The van der Waals surface area contributed by atoms with Crippen LogP contribution in [0.1, 0.15) is 25.7 Å². The SMILES string of the molecule is CNC(=O)c1c(F)ccc(OCc2nc3cc(Cl)ccc3s2)c1F.O=Cc1c(Cl)cccc1Cl. The Morgan fingerprint density at radius 1 is 1.12 bits per heavy atom. The molecule has 0 bridgehead atoms. The van der Waals surface area contributed by atoms with Gasteiger partial charge in [0.05, 0.1) is 25.8 Å². The van der Waals surface area contributed by atoms with Gasteiger partial charge in [-0.25, -0.2) is 13.8 Å². The van der Waals surface area contributed by atoms with Crippen LogP contribution in [0.3, 0.4) is 0 Å². The van der Waals surface area contributed by atoms with Crippen molar-refractivity contribution in [1.29, 1.82) is 0 Å². The third-order valence-electron chi connectivity index (χ3n) is 4.37. The minimum atomic E-state index is -1.04. The third-order valence-corrected chi connectivity index (χ3v) is 6.28. The predicted octanol–water partition coefficient (Wildman–Crippen LogP) is 6.97. The Labute approximate surface area is 212 Å². The van der Waals surface area contributed by atoms with Gasteiger partial charge in [0.2, 0.25) is 0 Å². The molecule has 0 aliphatic rings. The van der Waals surface area contributed by atoms with Crippen LogP contribution in [0.5, 0.6) is 5.75 Å². The number of carbonyl (C=O) groups excluding carboxylic acids is 2. The molecule has 0 atom stereocenters. The number of hydrogen-bond acceptors (Lipinski definition) is 5. The molecule has 0 spiro atoms. The number of ether oxygens (including phenoxy) is 1. The Balaban J connectivity index is 0.000000271. The second-order valence-electron chi connectivity index (χ2n) is 6.58. The van der Waals surface area contributed by atoms with Crippen LogP contribution in [-0.2, 0) is 6.61 Å². The van der Waals surface area contributed by atoms with Crippen molar-refractivity contribution in [1.82, 2.24) is 10.3 Å². The smallest absolute Gasteiger partial charge is 0.257 e. The molecular formula is C23H15Cl3F2N2O3S. The highest BCUT2D eigenvalue weighted by atomic mass is 35.5. The molecule has 0 radical (unpaired) electrons. The summed E-state index contributed by atoms with van der Waals surface area (Å²) in [6, 6.07) is 12.4. The maximum absolute atomic E-state index is 14.3. The Morgan fingerprint density at radius 3 is 2.44 bits per heavy atom. The number of rotatable bonds is 5. The van der Waals surface area contributed by atoms with E-state index in [1.54, 1.807) is 30.3 Å². The van der Waals surface area contributed by atoms with Gasteiger partial charge < -0.3 is 10.1 Å². The van der Waals surface area contributed by atoms with Crippen LogP contribution in [0.15, 0.2) is 48.5 Å². The topological polar surface area (TPSA) is 68.3 Å². The van der Waals surface area contributed by atoms with E-state index in [9.17, 15) is 18.4 Å². The average Bonchev–Trinajstić information content (AvgIpc) is 3.21. The number of benzene rings is 3. The molecule has 11 heteroatoms. The molecule has 5 nitrogen and oxygen atoms in total. The molecular weight excluding hydrogens is 529 g/mol. The van der Waals surface area contributed by atoms with Crippen LogP contribution in [0.4, 0.5) is 8.78 Å². The number of nitrogens with one attached hydrogen (secondary N) is 1. The van der Waals surface area contributed by atoms with Crippen molar-refractivity contribution in [2.24, 2.45) is 0 Å². The van der Waals surface area contributed by atoms with Crippen molar-refractivity contribution in [3.63, 3.8) is 0 Å². The van der Waals surface area contributed by atoms with Gasteiger partial charge in [-0.1, -0.05) is 40.9 Å². The molecule has 4 aromatic rings. The summed E-state index contributed by atoms with van der Waals surface area (Å²) in [5.41, 5.74) is 0.397. The summed E-state index contributed by atoms with van der Waals surface area (Å²) < 4.78 is 34.2. The van der Waals surface area contributed by atoms with E-state index in [-0.39, 0.29) is 12.4 Å². The molecule has 0 saturated heterocycles. The largest absolute Gasteiger partial charge is 0.483 e. The number of fused-ring (bicyclic) bond motifs is 1. The van der Waals surface area contributed by atoms with Crippen LogP contribution in [0.25, 0.3) is 10.2 Å². The normalized spacial score (nSPS) is 10.4. The monoisotopic (exact) mass is 542 g/mol. The van der Waals surface area contributed by atoms with E-state index in [1.165, 1.54) is 18.4 Å². The molecule has 3 aromatic carbocycles. The molecule has 0 fully saturated rings. The summed E-state index contributed by atoms with van der Waals surface area (Å²) in [6.07, 6.45) is 0.644. The first kappa shape index (κ1) is 25.8. The first-order valence-corrected chi connectivity index (χ1v) is 11.5. The zero-order chi connectivity index (χ0) is 24.8. The minimum Gasteiger partial charge on any atom is -0.483 e. The lowest BCUT2D eigenvalue weighted by Gasteiger charge is -2.09. The highest BCUT2D eigenvalue weighted by molar-refractivity contribution is 7.18. The Morgan fingerprint density at radius 2 is 1.82 bits per heavy atom. The molecule has 0 unspecified atom stereocenters. The van der Waals surface area contributed by atoms with E-state index in [0.29, 0.717) is 31.9 Å². The fourth-order valence-corrected chi connectivity index (χ4v) is 4.26.